The molecule has 0 spiro atoms. The maximum atomic E-state index is 12.2. The lowest BCUT2D eigenvalue weighted by Gasteiger charge is -2.09. The van der Waals surface area contributed by atoms with E-state index in [-0.39, 0.29) is 5.75 Å². The van der Waals surface area contributed by atoms with Gasteiger partial charge in [0.1, 0.15) is 11.6 Å². The second kappa shape index (κ2) is 6.83. The first-order valence-corrected chi connectivity index (χ1v) is 6.89. The second-order valence-electron chi connectivity index (χ2n) is 4.71. The first kappa shape index (κ1) is 14.9. The first-order valence-electron chi connectivity index (χ1n) is 6.89. The Morgan fingerprint density at radius 2 is 1.83 bits per heavy atom. The number of nitrogens with zero attached hydrogens (tertiary/aromatic N) is 2. The maximum absolute atomic E-state index is 12.2. The normalized spacial score (nSPS) is 10.6. The minimum Gasteiger partial charge on any atom is -0.435 e. The average Bonchev–Trinajstić information content (AvgIpc) is 2.56. The van der Waals surface area contributed by atoms with Crippen LogP contribution in [0.15, 0.2) is 67.1 Å². The molecule has 1 N–H and O–H groups in total. The number of hydrogen-bond acceptors (Lipinski definition) is 4. The third kappa shape index (κ3) is 4.00. The van der Waals surface area contributed by atoms with E-state index in [1.807, 2.05) is 24.3 Å². The van der Waals surface area contributed by atoms with Crippen molar-refractivity contribution in [3.63, 3.8) is 0 Å². The van der Waals surface area contributed by atoms with E-state index < -0.39 is 6.61 Å². The molecule has 6 heteroatoms. The number of rotatable bonds is 5. The molecule has 3 aromatic rings. The summed E-state index contributed by atoms with van der Waals surface area (Å²) in [6, 6.07) is 13.9. The number of pyridine rings is 2. The van der Waals surface area contributed by atoms with Gasteiger partial charge in [0.25, 0.3) is 0 Å². The van der Waals surface area contributed by atoms with Crippen LogP contribution in [0.3, 0.4) is 0 Å². The number of aromatic nitrogens is 2. The zero-order valence-electron chi connectivity index (χ0n) is 12.0. The minimum absolute atomic E-state index is 0.0944. The highest BCUT2D eigenvalue weighted by Crippen LogP contribution is 2.23. The molecule has 4 nitrogen and oxygen atoms in total. The van der Waals surface area contributed by atoms with Gasteiger partial charge in [-0.25, -0.2) is 4.98 Å². The van der Waals surface area contributed by atoms with Gasteiger partial charge < -0.3 is 10.1 Å². The number of hydrogen-bond donors (Lipinski definition) is 1. The Labute approximate surface area is 131 Å². The van der Waals surface area contributed by atoms with E-state index in [0.717, 1.165) is 11.1 Å². The van der Waals surface area contributed by atoms with Crippen LogP contribution in [0, 0.1) is 0 Å². The molecular formula is C17H13F2N3O. The SMILES string of the molecule is FC(F)Oc1cccc(Nc2ccc(-c3cccnc3)cn2)c1. The molecule has 0 atom stereocenters. The van der Waals surface area contributed by atoms with Gasteiger partial charge in [0.2, 0.25) is 0 Å². The Bertz CT molecular complexity index is 764. The highest BCUT2D eigenvalue weighted by atomic mass is 19.3. The zero-order chi connectivity index (χ0) is 16.1. The summed E-state index contributed by atoms with van der Waals surface area (Å²) < 4.78 is 28.8. The van der Waals surface area contributed by atoms with E-state index in [9.17, 15) is 8.78 Å². The van der Waals surface area contributed by atoms with E-state index in [1.54, 1.807) is 30.7 Å². The fourth-order valence-electron chi connectivity index (χ4n) is 2.07. The molecule has 0 saturated carbocycles. The average molecular weight is 313 g/mol. The van der Waals surface area contributed by atoms with Gasteiger partial charge in [-0.2, -0.15) is 8.78 Å². The maximum Gasteiger partial charge on any atom is 0.387 e. The number of ether oxygens (including phenoxy) is 1. The number of alkyl halides is 2. The molecule has 0 bridgehead atoms. The van der Waals surface area contributed by atoms with Crippen LogP contribution < -0.4 is 10.1 Å². The third-order valence-corrected chi connectivity index (χ3v) is 3.09. The summed E-state index contributed by atoms with van der Waals surface area (Å²) in [7, 11) is 0. The van der Waals surface area contributed by atoms with Crippen LogP contribution in [0.5, 0.6) is 5.75 Å². The van der Waals surface area contributed by atoms with Gasteiger partial charge in [-0.1, -0.05) is 12.1 Å². The second-order valence-corrected chi connectivity index (χ2v) is 4.71. The quantitative estimate of drug-likeness (QED) is 0.754. The highest BCUT2D eigenvalue weighted by Gasteiger charge is 2.05. The van der Waals surface area contributed by atoms with Crippen LogP contribution in [0.25, 0.3) is 11.1 Å². The highest BCUT2D eigenvalue weighted by molar-refractivity contribution is 5.64. The van der Waals surface area contributed by atoms with Crippen molar-refractivity contribution in [2.75, 3.05) is 5.32 Å². The third-order valence-electron chi connectivity index (χ3n) is 3.09. The number of benzene rings is 1. The molecule has 23 heavy (non-hydrogen) atoms. The molecule has 116 valence electrons. The molecule has 2 heterocycles. The molecular weight excluding hydrogens is 300 g/mol. The van der Waals surface area contributed by atoms with Gasteiger partial charge in [0.15, 0.2) is 0 Å². The first-order chi connectivity index (χ1) is 11.2. The van der Waals surface area contributed by atoms with Crippen molar-refractivity contribution < 1.29 is 13.5 Å². The van der Waals surface area contributed by atoms with Crippen molar-refractivity contribution in [1.82, 2.24) is 9.97 Å². The summed E-state index contributed by atoms with van der Waals surface area (Å²) in [4.78, 5) is 8.38. The molecule has 0 radical (unpaired) electrons. The zero-order valence-corrected chi connectivity index (χ0v) is 12.0. The van der Waals surface area contributed by atoms with Crippen LogP contribution >= 0.6 is 0 Å². The standard InChI is InChI=1S/C17H13F2N3O/c18-17(19)23-15-5-1-4-14(9-15)22-16-7-6-13(11-21-16)12-3-2-8-20-10-12/h1-11,17H,(H,21,22). The van der Waals surface area contributed by atoms with E-state index in [2.05, 4.69) is 20.0 Å². The van der Waals surface area contributed by atoms with Crippen molar-refractivity contribution in [2.24, 2.45) is 0 Å². The summed E-state index contributed by atoms with van der Waals surface area (Å²) in [6.45, 7) is -2.85. The topological polar surface area (TPSA) is 47.0 Å². The summed E-state index contributed by atoms with van der Waals surface area (Å²) in [5, 5.41) is 3.04. The van der Waals surface area contributed by atoms with E-state index in [1.165, 1.54) is 12.1 Å². The molecule has 0 aliphatic heterocycles. The molecule has 0 saturated heterocycles. The molecule has 3 rings (SSSR count). The fourth-order valence-corrected chi connectivity index (χ4v) is 2.07. The van der Waals surface area contributed by atoms with Crippen LogP contribution in [0.4, 0.5) is 20.3 Å². The Morgan fingerprint density at radius 3 is 2.52 bits per heavy atom. The van der Waals surface area contributed by atoms with Crippen LogP contribution in [0.1, 0.15) is 0 Å². The Balaban J connectivity index is 1.73. The summed E-state index contributed by atoms with van der Waals surface area (Å²) in [5.74, 6) is 0.698. The van der Waals surface area contributed by atoms with Gasteiger partial charge in [-0.3, -0.25) is 4.98 Å². The van der Waals surface area contributed by atoms with Crippen molar-refractivity contribution in [2.45, 2.75) is 6.61 Å². The Kier molecular flexibility index (Phi) is 4.42. The van der Waals surface area contributed by atoms with E-state index >= 15 is 0 Å². The Morgan fingerprint density at radius 1 is 0.957 bits per heavy atom. The van der Waals surface area contributed by atoms with E-state index in [4.69, 9.17) is 0 Å². The van der Waals surface area contributed by atoms with E-state index in [0.29, 0.717) is 11.5 Å². The summed E-state index contributed by atoms with van der Waals surface area (Å²) in [5.41, 5.74) is 2.53. The number of nitrogens with one attached hydrogen (secondary N) is 1. The van der Waals surface area contributed by atoms with Gasteiger partial charge in [-0.15, -0.1) is 0 Å². The lowest BCUT2D eigenvalue weighted by atomic mass is 10.1. The van der Waals surface area contributed by atoms with Crippen molar-refractivity contribution in [3.8, 4) is 16.9 Å². The molecule has 0 unspecified atom stereocenters. The van der Waals surface area contributed by atoms with Gasteiger partial charge in [0, 0.05) is 41.5 Å². The molecule has 0 amide bonds. The monoisotopic (exact) mass is 313 g/mol. The van der Waals surface area contributed by atoms with Crippen molar-refractivity contribution >= 4 is 11.5 Å². The van der Waals surface area contributed by atoms with Gasteiger partial charge in [0.05, 0.1) is 0 Å². The molecule has 0 fully saturated rings. The minimum atomic E-state index is -2.85. The summed E-state index contributed by atoms with van der Waals surface area (Å²) in [6.07, 6.45) is 5.19. The van der Waals surface area contributed by atoms with Crippen LogP contribution in [-0.4, -0.2) is 16.6 Å². The van der Waals surface area contributed by atoms with Crippen LogP contribution in [0.2, 0.25) is 0 Å². The Hall–Kier alpha value is -3.02. The molecule has 2 aromatic heterocycles. The largest absolute Gasteiger partial charge is 0.435 e. The smallest absolute Gasteiger partial charge is 0.387 e. The number of halogens is 2. The molecule has 0 aliphatic carbocycles. The predicted octanol–water partition coefficient (Wildman–Crippen LogP) is 4.49. The van der Waals surface area contributed by atoms with Gasteiger partial charge in [-0.05, 0) is 30.3 Å². The van der Waals surface area contributed by atoms with Crippen molar-refractivity contribution in [1.29, 1.82) is 0 Å². The van der Waals surface area contributed by atoms with Crippen molar-refractivity contribution in [3.05, 3.63) is 67.1 Å². The molecule has 0 aliphatic rings. The van der Waals surface area contributed by atoms with Crippen LogP contribution in [-0.2, 0) is 0 Å². The lowest BCUT2D eigenvalue weighted by Crippen LogP contribution is -2.02. The fraction of sp³-hybridized carbons (Fsp3) is 0.0588. The number of anilines is 2. The lowest BCUT2D eigenvalue weighted by molar-refractivity contribution is -0.0497. The predicted molar refractivity (Wildman–Crippen MR) is 83.8 cm³/mol. The summed E-state index contributed by atoms with van der Waals surface area (Å²) >= 11 is 0. The van der Waals surface area contributed by atoms with Gasteiger partial charge >= 0.3 is 6.61 Å². The molecule has 1 aromatic carbocycles.